The van der Waals surface area contributed by atoms with Crippen LogP contribution in [0.5, 0.6) is 0 Å². The Morgan fingerprint density at radius 3 is 2.71 bits per heavy atom. The van der Waals surface area contributed by atoms with Crippen molar-refractivity contribution in [3.05, 3.63) is 50.3 Å². The molecule has 1 fully saturated rings. The number of halogens is 2. The van der Waals surface area contributed by atoms with Crippen LogP contribution in [-0.2, 0) is 17.8 Å². The van der Waals surface area contributed by atoms with Crippen molar-refractivity contribution in [2.24, 2.45) is 5.73 Å². The third-order valence-electron chi connectivity index (χ3n) is 6.61. The number of carbonyl (C=O) groups is 2. The summed E-state index contributed by atoms with van der Waals surface area (Å²) in [5.74, 6) is -0.278. The average molecular weight is 507 g/mol. The van der Waals surface area contributed by atoms with E-state index in [1.807, 2.05) is 33.8 Å². The van der Waals surface area contributed by atoms with Gasteiger partial charge in [-0.2, -0.15) is 0 Å². The van der Waals surface area contributed by atoms with Crippen LogP contribution >= 0.6 is 23.2 Å². The smallest absolute Gasteiger partial charge is 0.410 e. The summed E-state index contributed by atoms with van der Waals surface area (Å²) in [6, 6.07) is -0.0912. The second-order valence-electron chi connectivity index (χ2n) is 10.2. The quantitative estimate of drug-likeness (QED) is 0.624. The Bertz CT molecular complexity index is 1080. The zero-order valence-corrected chi connectivity index (χ0v) is 21.7. The molecule has 3 heterocycles. The summed E-state index contributed by atoms with van der Waals surface area (Å²) in [4.78, 5) is 34.7. The Morgan fingerprint density at radius 2 is 2.06 bits per heavy atom. The molecule has 1 unspecified atom stereocenters. The Kier molecular flexibility index (Phi) is 7.00. The fourth-order valence-electron chi connectivity index (χ4n) is 5.11. The summed E-state index contributed by atoms with van der Waals surface area (Å²) < 4.78 is 5.59. The van der Waals surface area contributed by atoms with Crippen LogP contribution in [-0.4, -0.2) is 51.5 Å². The van der Waals surface area contributed by atoms with Gasteiger partial charge in [0.05, 0.1) is 23.8 Å². The van der Waals surface area contributed by atoms with Crippen molar-refractivity contribution in [3.8, 4) is 0 Å². The van der Waals surface area contributed by atoms with E-state index in [4.69, 9.17) is 38.7 Å². The van der Waals surface area contributed by atoms with Gasteiger partial charge in [-0.05, 0) is 64.2 Å². The molecule has 0 saturated carbocycles. The summed E-state index contributed by atoms with van der Waals surface area (Å²) in [5, 5.41) is 1.18. The first-order valence-electron chi connectivity index (χ1n) is 11.7. The monoisotopic (exact) mass is 506 g/mol. The number of aromatic nitrogens is 1. The molecule has 0 radical (unpaired) electrons. The molecule has 0 spiro atoms. The average Bonchev–Trinajstić information content (AvgIpc) is 3.31. The van der Waals surface area contributed by atoms with Gasteiger partial charge in [-0.3, -0.25) is 9.78 Å². The van der Waals surface area contributed by atoms with Gasteiger partial charge in [-0.1, -0.05) is 29.3 Å². The zero-order valence-electron chi connectivity index (χ0n) is 20.2. The predicted octanol–water partition coefficient (Wildman–Crippen LogP) is 4.94. The lowest BCUT2D eigenvalue weighted by molar-refractivity contribution is 0.0193. The van der Waals surface area contributed by atoms with Crippen molar-refractivity contribution >= 4 is 35.2 Å². The maximum Gasteiger partial charge on any atom is 0.410 e. The Hall–Kier alpha value is -2.09. The molecule has 0 aromatic carbocycles. The van der Waals surface area contributed by atoms with Gasteiger partial charge >= 0.3 is 6.09 Å². The number of hydrogen-bond donors (Lipinski definition) is 1. The number of aryl methyl sites for hydroxylation is 1. The number of nitrogens with zero attached hydrogens (tertiary/aromatic N) is 3. The van der Waals surface area contributed by atoms with Gasteiger partial charge in [-0.15, -0.1) is 0 Å². The van der Waals surface area contributed by atoms with Crippen molar-refractivity contribution in [2.75, 3.05) is 13.1 Å². The third kappa shape index (κ3) is 4.83. The SMILES string of the molecule is Cc1nc2c(c(C3CC=C(Cl)C=C3Cl)c1CN)C(=O)N(C[C@@H]1CCCN1C(=O)OC(C)(C)C)C2. The molecule has 0 bridgehead atoms. The Labute approximate surface area is 210 Å². The first-order chi connectivity index (χ1) is 16.0. The van der Waals surface area contributed by atoms with Crippen LogP contribution < -0.4 is 5.73 Å². The molecule has 1 aliphatic carbocycles. The van der Waals surface area contributed by atoms with E-state index in [0.29, 0.717) is 41.7 Å². The van der Waals surface area contributed by atoms with Crippen LogP contribution in [0.1, 0.15) is 78.8 Å². The topological polar surface area (TPSA) is 88.8 Å². The standard InChI is InChI=1S/C25H32Cl2N4O3/c1-14-18(11-28)21(17-8-7-15(26)10-19(17)27)22-20(29-14)13-30(23(22)32)12-16-6-5-9-31(16)24(33)34-25(2,3)4/h7,10,16-17H,5-6,8-9,11-13,28H2,1-4H3/t16-,17?/m0/s1. The van der Waals surface area contributed by atoms with Gasteiger partial charge in [0.15, 0.2) is 0 Å². The van der Waals surface area contributed by atoms with Gasteiger partial charge in [0.1, 0.15) is 5.60 Å². The summed E-state index contributed by atoms with van der Waals surface area (Å²) in [5.41, 5.74) is 9.40. The molecule has 1 aromatic heterocycles. The van der Waals surface area contributed by atoms with E-state index in [1.165, 1.54) is 0 Å². The van der Waals surface area contributed by atoms with Crippen LogP contribution in [0, 0.1) is 6.92 Å². The van der Waals surface area contributed by atoms with Crippen molar-refractivity contribution in [3.63, 3.8) is 0 Å². The van der Waals surface area contributed by atoms with E-state index >= 15 is 0 Å². The van der Waals surface area contributed by atoms with E-state index in [-0.39, 0.29) is 30.5 Å². The fraction of sp³-hybridized carbons (Fsp3) is 0.560. The number of likely N-dealkylation sites (tertiary alicyclic amines) is 1. The highest BCUT2D eigenvalue weighted by Gasteiger charge is 2.40. The lowest BCUT2D eigenvalue weighted by atomic mass is 9.84. The molecule has 2 atom stereocenters. The van der Waals surface area contributed by atoms with E-state index < -0.39 is 5.60 Å². The highest BCUT2D eigenvalue weighted by atomic mass is 35.5. The second kappa shape index (κ2) is 9.51. The maximum absolute atomic E-state index is 13.7. The highest BCUT2D eigenvalue weighted by Crippen LogP contribution is 2.42. The van der Waals surface area contributed by atoms with E-state index in [0.717, 1.165) is 35.4 Å². The lowest BCUT2D eigenvalue weighted by Crippen LogP contribution is -2.45. The van der Waals surface area contributed by atoms with E-state index in [1.54, 1.807) is 15.9 Å². The number of nitrogens with two attached hydrogens (primary N) is 1. The minimum atomic E-state index is -0.566. The summed E-state index contributed by atoms with van der Waals surface area (Å²) >= 11 is 12.8. The van der Waals surface area contributed by atoms with E-state index in [9.17, 15) is 9.59 Å². The largest absolute Gasteiger partial charge is 0.444 e. The number of amides is 2. The normalized spacial score (nSPS) is 22.6. The van der Waals surface area contributed by atoms with E-state index in [2.05, 4.69) is 0 Å². The maximum atomic E-state index is 13.7. The first kappa shape index (κ1) is 25.0. The number of rotatable bonds is 4. The number of allylic oxidation sites excluding steroid dienone is 4. The minimum absolute atomic E-state index is 0.0895. The molecule has 3 aliphatic rings. The van der Waals surface area contributed by atoms with Crippen molar-refractivity contribution in [2.45, 2.75) is 77.6 Å². The lowest BCUT2D eigenvalue weighted by Gasteiger charge is -2.30. The molecule has 1 saturated heterocycles. The second-order valence-corrected chi connectivity index (χ2v) is 11.1. The molecule has 4 rings (SSSR count). The third-order valence-corrected chi connectivity index (χ3v) is 7.25. The van der Waals surface area contributed by atoms with Crippen LogP contribution in [0.15, 0.2) is 22.2 Å². The highest BCUT2D eigenvalue weighted by molar-refractivity contribution is 6.35. The van der Waals surface area contributed by atoms with Crippen LogP contribution in [0.2, 0.25) is 0 Å². The molecule has 2 aliphatic heterocycles. The molecule has 7 nitrogen and oxygen atoms in total. The molecule has 34 heavy (non-hydrogen) atoms. The summed E-state index contributed by atoms with van der Waals surface area (Å²) in [6.45, 7) is 9.22. The number of carbonyl (C=O) groups excluding carboxylic acids is 2. The van der Waals surface area contributed by atoms with Crippen molar-refractivity contribution in [1.82, 2.24) is 14.8 Å². The van der Waals surface area contributed by atoms with Crippen LogP contribution in [0.3, 0.4) is 0 Å². The molecule has 2 N–H and O–H groups in total. The fourth-order valence-corrected chi connectivity index (χ4v) is 5.69. The zero-order chi connectivity index (χ0) is 24.8. The van der Waals surface area contributed by atoms with Gasteiger partial charge in [0, 0.05) is 41.3 Å². The predicted molar refractivity (Wildman–Crippen MR) is 133 cm³/mol. The van der Waals surface area contributed by atoms with Gasteiger partial charge in [-0.25, -0.2) is 4.79 Å². The van der Waals surface area contributed by atoms with Crippen LogP contribution in [0.25, 0.3) is 0 Å². The Morgan fingerprint density at radius 1 is 1.32 bits per heavy atom. The first-order valence-corrected chi connectivity index (χ1v) is 12.5. The summed E-state index contributed by atoms with van der Waals surface area (Å²) in [7, 11) is 0. The summed E-state index contributed by atoms with van der Waals surface area (Å²) in [6.07, 6.45) is 5.62. The number of fused-ring (bicyclic) bond motifs is 1. The van der Waals surface area contributed by atoms with Gasteiger partial charge in [0.2, 0.25) is 0 Å². The molecule has 184 valence electrons. The molecular weight excluding hydrogens is 475 g/mol. The number of ether oxygens (including phenoxy) is 1. The minimum Gasteiger partial charge on any atom is -0.444 e. The molecule has 9 heteroatoms. The number of hydrogen-bond acceptors (Lipinski definition) is 5. The van der Waals surface area contributed by atoms with Gasteiger partial charge < -0.3 is 20.3 Å². The van der Waals surface area contributed by atoms with Crippen LogP contribution in [0.4, 0.5) is 4.79 Å². The molecule has 2 amide bonds. The Balaban J connectivity index is 1.62. The molecular formula is C25H32Cl2N4O3. The van der Waals surface area contributed by atoms with Crippen molar-refractivity contribution < 1.29 is 14.3 Å². The number of pyridine rings is 1. The van der Waals surface area contributed by atoms with Gasteiger partial charge in [0.25, 0.3) is 5.91 Å². The van der Waals surface area contributed by atoms with Crippen molar-refractivity contribution in [1.29, 1.82) is 0 Å². The molecule has 1 aromatic rings.